The van der Waals surface area contributed by atoms with Crippen LogP contribution in [-0.2, 0) is 0 Å². The van der Waals surface area contributed by atoms with E-state index in [0.29, 0.717) is 17.5 Å². The summed E-state index contributed by atoms with van der Waals surface area (Å²) in [6, 6.07) is 4.01. The van der Waals surface area contributed by atoms with Crippen LogP contribution in [-0.4, -0.2) is 23.5 Å². The second-order valence-corrected chi connectivity index (χ2v) is 3.72. The van der Waals surface area contributed by atoms with Gasteiger partial charge >= 0.3 is 6.09 Å². The fourth-order valence-electron chi connectivity index (χ4n) is 1.52. The highest BCUT2D eigenvalue weighted by Gasteiger charge is 2.09. The fraction of sp³-hybridized carbons (Fsp3) is 0.333. The summed E-state index contributed by atoms with van der Waals surface area (Å²) in [5, 5.41) is 10.5. The summed E-state index contributed by atoms with van der Waals surface area (Å²) < 4.78 is 12.8. The second-order valence-electron chi connectivity index (χ2n) is 3.72. The Kier molecular flexibility index (Phi) is 4.63. The highest BCUT2D eigenvalue weighted by atomic mass is 19.1. The number of carbonyl (C=O) groups is 2. The largest absolute Gasteiger partial charge is 0.465 e. The van der Waals surface area contributed by atoms with Crippen LogP contribution >= 0.6 is 0 Å². The van der Waals surface area contributed by atoms with Gasteiger partial charge in [-0.15, -0.1) is 0 Å². The Morgan fingerprint density at radius 1 is 1.41 bits per heavy atom. The van der Waals surface area contributed by atoms with Crippen molar-refractivity contribution in [2.24, 2.45) is 0 Å². The Morgan fingerprint density at radius 2 is 2.12 bits per heavy atom. The topological polar surface area (TPSA) is 66.4 Å². The van der Waals surface area contributed by atoms with Gasteiger partial charge in [-0.3, -0.25) is 4.79 Å². The molecule has 0 atom stereocenters. The predicted octanol–water partition coefficient (Wildman–Crippen LogP) is 2.36. The highest BCUT2D eigenvalue weighted by molar-refractivity contribution is 5.97. The molecule has 0 bridgehead atoms. The van der Waals surface area contributed by atoms with Crippen LogP contribution in [0.5, 0.6) is 0 Å². The number of carbonyl (C=O) groups excluding carboxylic acids is 1. The molecule has 1 aromatic rings. The Morgan fingerprint density at radius 3 is 2.71 bits per heavy atom. The van der Waals surface area contributed by atoms with Gasteiger partial charge in [0.2, 0.25) is 0 Å². The summed E-state index contributed by atoms with van der Waals surface area (Å²) in [5.74, 6) is -0.471. The van der Waals surface area contributed by atoms with E-state index in [1.807, 2.05) is 0 Å². The standard InChI is InChI=1S/C12H14FNO3/c1-8-7-9(13)4-5-10(8)11(15)3-2-6-14-12(16)17/h4-5,7,14H,2-3,6H2,1H3,(H,16,17). The molecule has 4 nitrogen and oxygen atoms in total. The van der Waals surface area contributed by atoms with Gasteiger partial charge in [0.1, 0.15) is 5.82 Å². The van der Waals surface area contributed by atoms with E-state index in [-0.39, 0.29) is 24.6 Å². The summed E-state index contributed by atoms with van der Waals surface area (Å²) >= 11 is 0. The van der Waals surface area contributed by atoms with Crippen molar-refractivity contribution in [1.29, 1.82) is 0 Å². The van der Waals surface area contributed by atoms with Gasteiger partial charge in [-0.05, 0) is 37.1 Å². The molecule has 0 radical (unpaired) electrons. The molecule has 0 aliphatic rings. The monoisotopic (exact) mass is 239 g/mol. The number of amides is 1. The average molecular weight is 239 g/mol. The van der Waals surface area contributed by atoms with Crippen LogP contribution < -0.4 is 5.32 Å². The van der Waals surface area contributed by atoms with Crippen molar-refractivity contribution in [2.45, 2.75) is 19.8 Å². The van der Waals surface area contributed by atoms with E-state index >= 15 is 0 Å². The second kappa shape index (κ2) is 5.98. The molecule has 0 fully saturated rings. The Labute approximate surface area is 98.5 Å². The molecule has 0 aromatic heterocycles. The maximum Gasteiger partial charge on any atom is 0.404 e. The van der Waals surface area contributed by atoms with Crippen LogP contribution in [0.3, 0.4) is 0 Å². The number of carboxylic acid groups (broad SMARTS) is 1. The van der Waals surface area contributed by atoms with Crippen molar-refractivity contribution < 1.29 is 19.1 Å². The Hall–Kier alpha value is -1.91. The van der Waals surface area contributed by atoms with Crippen molar-refractivity contribution in [1.82, 2.24) is 5.32 Å². The first-order valence-corrected chi connectivity index (χ1v) is 5.27. The lowest BCUT2D eigenvalue weighted by atomic mass is 10.0. The maximum absolute atomic E-state index is 12.8. The molecular formula is C12H14FNO3. The molecule has 0 aliphatic heterocycles. The molecule has 5 heteroatoms. The van der Waals surface area contributed by atoms with Gasteiger partial charge in [0.15, 0.2) is 5.78 Å². The minimum absolute atomic E-state index is 0.102. The van der Waals surface area contributed by atoms with Crippen LogP contribution in [0, 0.1) is 12.7 Å². The maximum atomic E-state index is 12.8. The quantitative estimate of drug-likeness (QED) is 0.612. The van der Waals surface area contributed by atoms with Gasteiger partial charge in [0.25, 0.3) is 0 Å². The van der Waals surface area contributed by atoms with E-state index in [9.17, 15) is 14.0 Å². The van der Waals surface area contributed by atoms with Crippen molar-refractivity contribution in [3.63, 3.8) is 0 Å². The number of ketones is 1. The number of halogens is 1. The SMILES string of the molecule is Cc1cc(F)ccc1C(=O)CCCNC(=O)O. The van der Waals surface area contributed by atoms with Gasteiger partial charge in [-0.1, -0.05) is 0 Å². The summed E-state index contributed by atoms with van der Waals surface area (Å²) in [5.41, 5.74) is 1.09. The third-order valence-electron chi connectivity index (χ3n) is 2.35. The fourth-order valence-corrected chi connectivity index (χ4v) is 1.52. The Balaban J connectivity index is 2.50. The van der Waals surface area contributed by atoms with Crippen molar-refractivity contribution in [3.8, 4) is 0 Å². The van der Waals surface area contributed by atoms with E-state index in [4.69, 9.17) is 5.11 Å². The Bertz CT molecular complexity index is 432. The molecule has 0 spiro atoms. The van der Waals surface area contributed by atoms with Gasteiger partial charge in [-0.2, -0.15) is 0 Å². The molecular weight excluding hydrogens is 225 g/mol. The zero-order valence-electron chi connectivity index (χ0n) is 9.50. The first-order valence-electron chi connectivity index (χ1n) is 5.27. The summed E-state index contributed by atoms with van der Waals surface area (Å²) in [4.78, 5) is 21.9. The normalized spacial score (nSPS) is 10.0. The van der Waals surface area contributed by atoms with E-state index in [1.54, 1.807) is 6.92 Å². The van der Waals surface area contributed by atoms with Crippen molar-refractivity contribution in [2.75, 3.05) is 6.54 Å². The van der Waals surface area contributed by atoms with Crippen LogP contribution in [0.1, 0.15) is 28.8 Å². The van der Waals surface area contributed by atoms with Gasteiger partial charge in [0.05, 0.1) is 0 Å². The molecule has 1 amide bonds. The van der Waals surface area contributed by atoms with Gasteiger partial charge in [-0.25, -0.2) is 9.18 Å². The first-order chi connectivity index (χ1) is 8.00. The average Bonchev–Trinajstić information content (AvgIpc) is 2.23. The van der Waals surface area contributed by atoms with E-state index in [2.05, 4.69) is 5.32 Å². The molecule has 0 saturated carbocycles. The highest BCUT2D eigenvalue weighted by Crippen LogP contribution is 2.13. The van der Waals surface area contributed by atoms with Crippen LogP contribution in [0.15, 0.2) is 18.2 Å². The molecule has 0 unspecified atom stereocenters. The lowest BCUT2D eigenvalue weighted by Crippen LogP contribution is -2.22. The lowest BCUT2D eigenvalue weighted by molar-refractivity contribution is 0.0978. The number of aryl methyl sites for hydroxylation is 1. The number of Topliss-reactive ketones (excluding diaryl/α,β-unsaturated/α-hetero) is 1. The van der Waals surface area contributed by atoms with Crippen LogP contribution in [0.2, 0.25) is 0 Å². The first kappa shape index (κ1) is 13.2. The molecule has 0 saturated heterocycles. The number of nitrogens with one attached hydrogen (secondary N) is 1. The summed E-state index contributed by atoms with van der Waals surface area (Å²) in [7, 11) is 0. The smallest absolute Gasteiger partial charge is 0.404 e. The summed E-state index contributed by atoms with van der Waals surface area (Å²) in [6.45, 7) is 1.91. The van der Waals surface area contributed by atoms with Crippen LogP contribution in [0.25, 0.3) is 0 Å². The lowest BCUT2D eigenvalue weighted by Gasteiger charge is -2.05. The van der Waals surface area contributed by atoms with E-state index in [1.165, 1.54) is 18.2 Å². The third kappa shape index (κ3) is 4.22. The van der Waals surface area contributed by atoms with E-state index < -0.39 is 6.09 Å². The molecule has 17 heavy (non-hydrogen) atoms. The zero-order valence-corrected chi connectivity index (χ0v) is 9.50. The van der Waals surface area contributed by atoms with Crippen LogP contribution in [0.4, 0.5) is 9.18 Å². The number of benzene rings is 1. The van der Waals surface area contributed by atoms with Gasteiger partial charge in [0, 0.05) is 18.5 Å². The zero-order chi connectivity index (χ0) is 12.8. The number of rotatable bonds is 5. The molecule has 2 N–H and O–H groups in total. The minimum atomic E-state index is -1.10. The summed E-state index contributed by atoms with van der Waals surface area (Å²) in [6.07, 6.45) is -0.426. The molecule has 1 rings (SSSR count). The minimum Gasteiger partial charge on any atom is -0.465 e. The molecule has 1 aromatic carbocycles. The number of hydrogen-bond acceptors (Lipinski definition) is 2. The van der Waals surface area contributed by atoms with E-state index in [0.717, 1.165) is 0 Å². The predicted molar refractivity (Wildman–Crippen MR) is 60.7 cm³/mol. The number of hydrogen-bond donors (Lipinski definition) is 2. The molecule has 0 heterocycles. The third-order valence-corrected chi connectivity index (χ3v) is 2.35. The van der Waals surface area contributed by atoms with Crippen molar-refractivity contribution >= 4 is 11.9 Å². The van der Waals surface area contributed by atoms with Crippen molar-refractivity contribution in [3.05, 3.63) is 35.1 Å². The molecule has 92 valence electrons. The molecule has 0 aliphatic carbocycles. The van der Waals surface area contributed by atoms with Gasteiger partial charge < -0.3 is 10.4 Å².